The molecular weight excluding hydrogens is 326 g/mol. The van der Waals surface area contributed by atoms with E-state index in [1.165, 1.54) is 11.3 Å². The fourth-order valence-electron chi connectivity index (χ4n) is 2.49. The van der Waals surface area contributed by atoms with Gasteiger partial charge >= 0.3 is 0 Å². The van der Waals surface area contributed by atoms with E-state index in [0.717, 1.165) is 27.6 Å². The number of anilines is 1. The second kappa shape index (κ2) is 7.19. The number of rotatable bonds is 5. The smallest absolute Gasteiger partial charge is 0.227 e. The minimum Gasteiger partial charge on any atom is -0.486 e. The highest BCUT2D eigenvalue weighted by molar-refractivity contribution is 7.16. The number of fused-ring (bicyclic) bond motifs is 1. The van der Waals surface area contributed by atoms with E-state index in [4.69, 9.17) is 15.2 Å². The number of hydrogen-bond donors (Lipinski definition) is 2. The lowest BCUT2D eigenvalue weighted by Gasteiger charge is -2.18. The lowest BCUT2D eigenvalue weighted by atomic mass is 10.0. The third-order valence-corrected chi connectivity index (χ3v) is 4.88. The van der Waals surface area contributed by atoms with Gasteiger partial charge in [0.2, 0.25) is 5.91 Å². The van der Waals surface area contributed by atoms with Gasteiger partial charge in [0.05, 0.1) is 5.69 Å². The van der Waals surface area contributed by atoms with Crippen LogP contribution in [0.25, 0.3) is 11.3 Å². The summed E-state index contributed by atoms with van der Waals surface area (Å²) in [6, 6.07) is 5.82. The van der Waals surface area contributed by atoms with Crippen LogP contribution in [-0.4, -0.2) is 30.6 Å². The lowest BCUT2D eigenvalue weighted by Crippen LogP contribution is -2.16. The minimum atomic E-state index is -0.115. The molecule has 0 spiro atoms. The topological polar surface area (TPSA) is 86.5 Å². The van der Waals surface area contributed by atoms with Crippen molar-refractivity contribution in [2.75, 3.05) is 25.1 Å². The van der Waals surface area contributed by atoms with E-state index in [1.807, 2.05) is 18.2 Å². The maximum Gasteiger partial charge on any atom is 0.227 e. The SMILES string of the molecule is CC(C)c1sc(NC(=O)CCN)nc1-c1ccc2c(c1)OCCO2. The van der Waals surface area contributed by atoms with Crippen LogP contribution < -0.4 is 20.5 Å². The van der Waals surface area contributed by atoms with Crippen LogP contribution in [0, 0.1) is 0 Å². The van der Waals surface area contributed by atoms with Gasteiger partial charge in [-0.25, -0.2) is 4.98 Å². The third kappa shape index (κ3) is 3.52. The van der Waals surface area contributed by atoms with Gasteiger partial charge in [0.15, 0.2) is 16.6 Å². The Morgan fingerprint density at radius 2 is 2.08 bits per heavy atom. The van der Waals surface area contributed by atoms with Crippen molar-refractivity contribution in [1.82, 2.24) is 4.98 Å². The summed E-state index contributed by atoms with van der Waals surface area (Å²) in [6.45, 7) is 5.66. The van der Waals surface area contributed by atoms with Gasteiger partial charge in [-0.15, -0.1) is 11.3 Å². The van der Waals surface area contributed by atoms with Crippen molar-refractivity contribution >= 4 is 22.4 Å². The van der Waals surface area contributed by atoms with Gasteiger partial charge in [0, 0.05) is 23.4 Å². The fraction of sp³-hybridized carbons (Fsp3) is 0.412. The van der Waals surface area contributed by atoms with Gasteiger partial charge < -0.3 is 20.5 Å². The van der Waals surface area contributed by atoms with Crippen molar-refractivity contribution in [1.29, 1.82) is 0 Å². The largest absolute Gasteiger partial charge is 0.486 e. The molecule has 128 valence electrons. The molecule has 3 N–H and O–H groups in total. The van der Waals surface area contributed by atoms with Crippen LogP contribution in [0.4, 0.5) is 5.13 Å². The molecule has 2 heterocycles. The summed E-state index contributed by atoms with van der Waals surface area (Å²) < 4.78 is 11.2. The maximum absolute atomic E-state index is 11.8. The Balaban J connectivity index is 1.94. The number of benzene rings is 1. The first-order valence-electron chi connectivity index (χ1n) is 7.99. The van der Waals surface area contributed by atoms with E-state index in [2.05, 4.69) is 24.1 Å². The molecule has 1 aliphatic heterocycles. The van der Waals surface area contributed by atoms with Crippen molar-refractivity contribution in [3.63, 3.8) is 0 Å². The highest BCUT2D eigenvalue weighted by atomic mass is 32.1. The summed E-state index contributed by atoms with van der Waals surface area (Å²) in [4.78, 5) is 17.5. The molecule has 0 fully saturated rings. The molecule has 0 aliphatic carbocycles. The standard InChI is InChI=1S/C17H21N3O3S/c1-10(2)16-15(20-17(24-16)19-14(21)5-6-18)11-3-4-12-13(9-11)23-8-7-22-12/h3-4,9-10H,5-8,18H2,1-2H3,(H,19,20,21). The van der Waals surface area contributed by atoms with Crippen molar-refractivity contribution in [2.45, 2.75) is 26.2 Å². The lowest BCUT2D eigenvalue weighted by molar-refractivity contribution is -0.116. The molecule has 0 atom stereocenters. The van der Waals surface area contributed by atoms with E-state index in [9.17, 15) is 4.79 Å². The van der Waals surface area contributed by atoms with Crippen LogP contribution in [0.2, 0.25) is 0 Å². The average Bonchev–Trinajstić information content (AvgIpc) is 2.98. The molecule has 0 unspecified atom stereocenters. The predicted molar refractivity (Wildman–Crippen MR) is 94.9 cm³/mol. The Hall–Kier alpha value is -2.12. The highest BCUT2D eigenvalue weighted by Gasteiger charge is 2.19. The molecule has 0 saturated heterocycles. The molecule has 0 saturated carbocycles. The van der Waals surface area contributed by atoms with Crippen LogP contribution in [0.15, 0.2) is 18.2 Å². The quantitative estimate of drug-likeness (QED) is 0.868. The summed E-state index contributed by atoms with van der Waals surface area (Å²) in [6.07, 6.45) is 0.288. The van der Waals surface area contributed by atoms with E-state index < -0.39 is 0 Å². The zero-order valence-electron chi connectivity index (χ0n) is 13.8. The number of carbonyl (C=O) groups excluding carboxylic acids is 1. The molecule has 0 radical (unpaired) electrons. The number of nitrogens with one attached hydrogen (secondary N) is 1. The average molecular weight is 347 g/mol. The van der Waals surface area contributed by atoms with E-state index in [1.54, 1.807) is 0 Å². The number of hydrogen-bond acceptors (Lipinski definition) is 6. The molecule has 6 nitrogen and oxygen atoms in total. The molecule has 3 rings (SSSR count). The van der Waals surface area contributed by atoms with Crippen molar-refractivity contribution in [3.05, 3.63) is 23.1 Å². The molecule has 1 aromatic heterocycles. The minimum absolute atomic E-state index is 0.115. The Morgan fingerprint density at radius 3 is 2.79 bits per heavy atom. The van der Waals surface area contributed by atoms with Gasteiger partial charge in [0.25, 0.3) is 0 Å². The number of nitrogens with two attached hydrogens (primary N) is 1. The van der Waals surface area contributed by atoms with E-state index in [-0.39, 0.29) is 12.3 Å². The van der Waals surface area contributed by atoms with Gasteiger partial charge in [-0.2, -0.15) is 0 Å². The maximum atomic E-state index is 11.8. The first-order chi connectivity index (χ1) is 11.6. The number of aromatic nitrogens is 1. The molecular formula is C17H21N3O3S. The van der Waals surface area contributed by atoms with E-state index in [0.29, 0.717) is 30.8 Å². The molecule has 2 aromatic rings. The Kier molecular flexibility index (Phi) is 5.01. The van der Waals surface area contributed by atoms with Gasteiger partial charge in [0.1, 0.15) is 13.2 Å². The highest BCUT2D eigenvalue weighted by Crippen LogP contribution is 2.40. The number of carbonyl (C=O) groups is 1. The summed E-state index contributed by atoms with van der Waals surface area (Å²) in [5.74, 6) is 1.67. The normalized spacial score (nSPS) is 13.2. The third-order valence-electron chi connectivity index (χ3n) is 3.61. The summed E-state index contributed by atoms with van der Waals surface area (Å²) in [5, 5.41) is 3.42. The summed E-state index contributed by atoms with van der Waals surface area (Å²) in [5.41, 5.74) is 7.25. The van der Waals surface area contributed by atoms with Crippen LogP contribution in [-0.2, 0) is 4.79 Å². The number of nitrogens with zero attached hydrogens (tertiary/aromatic N) is 1. The first-order valence-corrected chi connectivity index (χ1v) is 8.80. The zero-order chi connectivity index (χ0) is 17.1. The summed E-state index contributed by atoms with van der Waals surface area (Å²) >= 11 is 1.50. The van der Waals surface area contributed by atoms with Crippen molar-refractivity contribution in [2.24, 2.45) is 5.73 Å². The monoisotopic (exact) mass is 347 g/mol. The van der Waals surface area contributed by atoms with Crippen LogP contribution >= 0.6 is 11.3 Å². The van der Waals surface area contributed by atoms with Crippen LogP contribution in [0.3, 0.4) is 0 Å². The van der Waals surface area contributed by atoms with Gasteiger partial charge in [-0.05, 0) is 24.1 Å². The second-order valence-corrected chi connectivity index (χ2v) is 6.86. The van der Waals surface area contributed by atoms with Crippen LogP contribution in [0.5, 0.6) is 11.5 Å². The number of thiazole rings is 1. The van der Waals surface area contributed by atoms with Gasteiger partial charge in [-0.1, -0.05) is 13.8 Å². The Bertz CT molecular complexity index is 743. The summed E-state index contributed by atoms with van der Waals surface area (Å²) in [7, 11) is 0. The Labute approximate surface area is 145 Å². The fourth-order valence-corrected chi connectivity index (χ4v) is 3.49. The zero-order valence-corrected chi connectivity index (χ0v) is 14.6. The molecule has 1 amide bonds. The van der Waals surface area contributed by atoms with Crippen molar-refractivity contribution in [3.8, 4) is 22.8 Å². The molecule has 7 heteroatoms. The molecule has 24 heavy (non-hydrogen) atoms. The molecule has 1 aliphatic rings. The molecule has 1 aromatic carbocycles. The van der Waals surface area contributed by atoms with E-state index >= 15 is 0 Å². The second-order valence-electron chi connectivity index (χ2n) is 5.83. The number of amides is 1. The Morgan fingerprint density at radius 1 is 1.33 bits per heavy atom. The first kappa shape index (κ1) is 16.7. The number of ether oxygens (including phenoxy) is 2. The predicted octanol–water partition coefficient (Wildman–Crippen LogP) is 2.99. The van der Waals surface area contributed by atoms with Crippen LogP contribution in [0.1, 0.15) is 31.1 Å². The van der Waals surface area contributed by atoms with Crippen molar-refractivity contribution < 1.29 is 14.3 Å². The molecule has 0 bridgehead atoms. The van der Waals surface area contributed by atoms with Gasteiger partial charge in [-0.3, -0.25) is 4.79 Å².